The summed E-state index contributed by atoms with van der Waals surface area (Å²) in [5, 5.41) is 6.99. The van der Waals surface area contributed by atoms with Gasteiger partial charge in [-0.25, -0.2) is 0 Å². The number of amides is 2. The minimum Gasteiger partial charge on any atom is -0.481 e. The van der Waals surface area contributed by atoms with Crippen molar-refractivity contribution in [1.29, 1.82) is 0 Å². The molecule has 0 aliphatic heterocycles. The van der Waals surface area contributed by atoms with Crippen molar-refractivity contribution in [3.05, 3.63) is 0 Å². The number of hydrogen-bond donors (Lipinski definition) is 5. The minimum atomic E-state index is -2.22. The van der Waals surface area contributed by atoms with E-state index in [1.165, 1.54) is 19.3 Å². The average Bonchev–Trinajstić information content (AvgIpc) is 2.59. The van der Waals surface area contributed by atoms with Crippen LogP contribution in [-0.4, -0.2) is 51.7 Å². The fourth-order valence-electron chi connectivity index (χ4n) is 1.74. The summed E-state index contributed by atoms with van der Waals surface area (Å²) in [6.07, 6.45) is 6.91. The third kappa shape index (κ3) is 40.0. The number of carbonyl (C=O) groups is 3. The van der Waals surface area contributed by atoms with Gasteiger partial charge in [-0.1, -0.05) is 71.2 Å². The van der Waals surface area contributed by atoms with Gasteiger partial charge in [0.15, 0.2) is 0 Å². The number of aliphatic carboxylic acids is 1. The molecule has 0 bridgehead atoms. The Morgan fingerprint density at radius 3 is 1.39 bits per heavy atom. The number of thiol groups is 2. The van der Waals surface area contributed by atoms with Crippen LogP contribution in [0.15, 0.2) is 0 Å². The zero-order chi connectivity index (χ0) is 23.0. The molecule has 12 heteroatoms. The molecule has 28 heavy (non-hydrogen) atoms. The number of nitrogens with two attached hydrogens (primary N) is 2. The molecule has 170 valence electrons. The molecule has 0 atom stereocenters. The zero-order valence-corrected chi connectivity index (χ0v) is 20.4. The first kappa shape index (κ1) is 34.7. The standard InChI is InChI=1S/C8H16O2.C6H16O3Si.2CH3NOS/c1-2-3-4-5-6-7-8(9)10;1-5-6-10(7-2,8-3)9-4;2*2-1(3)4/h2-7H2,1H3,(H,9,10);5-6H2,1-4H3;2*(H3,2,3,4). The smallest absolute Gasteiger partial charge is 0.481 e. The molecule has 0 fully saturated rings. The van der Waals surface area contributed by atoms with Crippen LogP contribution in [0.4, 0.5) is 9.59 Å². The Kier molecular flexibility index (Phi) is 32.5. The molecule has 0 saturated heterocycles. The largest absolute Gasteiger partial charge is 0.500 e. The van der Waals surface area contributed by atoms with E-state index in [9.17, 15) is 4.79 Å². The molecule has 0 unspecified atom stereocenters. The van der Waals surface area contributed by atoms with Crippen LogP contribution in [0.2, 0.25) is 6.04 Å². The molecular weight excluding hydrogens is 424 g/mol. The van der Waals surface area contributed by atoms with Crippen molar-refractivity contribution in [1.82, 2.24) is 0 Å². The topological polar surface area (TPSA) is 151 Å². The average molecular weight is 463 g/mol. The van der Waals surface area contributed by atoms with Crippen LogP contribution in [0, 0.1) is 0 Å². The van der Waals surface area contributed by atoms with Crippen LogP contribution in [0.5, 0.6) is 0 Å². The summed E-state index contributed by atoms with van der Waals surface area (Å²) in [5.41, 5.74) is 8.67. The third-order valence-electron chi connectivity index (χ3n) is 2.98. The molecule has 0 aliphatic carbocycles. The van der Waals surface area contributed by atoms with Crippen LogP contribution in [-0.2, 0) is 18.1 Å². The summed E-state index contributed by atoms with van der Waals surface area (Å²) < 4.78 is 15.5. The normalized spacial score (nSPS) is 9.54. The van der Waals surface area contributed by atoms with Crippen LogP contribution in [0.1, 0.15) is 58.8 Å². The second kappa shape index (κ2) is 26.2. The number of carboxylic acids is 1. The van der Waals surface area contributed by atoms with Crippen molar-refractivity contribution >= 4 is 50.5 Å². The van der Waals surface area contributed by atoms with Gasteiger partial charge in [0.2, 0.25) is 0 Å². The van der Waals surface area contributed by atoms with E-state index in [4.69, 9.17) is 28.0 Å². The van der Waals surface area contributed by atoms with Crippen molar-refractivity contribution in [2.75, 3.05) is 21.3 Å². The Labute approximate surface area is 181 Å². The van der Waals surface area contributed by atoms with E-state index in [2.05, 4.69) is 50.6 Å². The Morgan fingerprint density at radius 1 is 0.821 bits per heavy atom. The Balaban J connectivity index is -0.000000150. The lowest BCUT2D eigenvalue weighted by molar-refractivity contribution is -0.137. The lowest BCUT2D eigenvalue weighted by Crippen LogP contribution is -2.42. The third-order valence-corrected chi connectivity index (χ3v) is 5.96. The van der Waals surface area contributed by atoms with Gasteiger partial charge in [-0.2, -0.15) is 0 Å². The van der Waals surface area contributed by atoms with Crippen molar-refractivity contribution in [3.8, 4) is 0 Å². The number of hydrogen-bond acceptors (Lipinski definition) is 6. The number of primary amides is 2. The van der Waals surface area contributed by atoms with Gasteiger partial charge < -0.3 is 29.9 Å². The Morgan fingerprint density at radius 2 is 1.18 bits per heavy atom. The van der Waals surface area contributed by atoms with E-state index in [1.54, 1.807) is 21.3 Å². The molecule has 0 aromatic carbocycles. The summed E-state index contributed by atoms with van der Waals surface area (Å²) in [5.74, 6) is -0.670. The van der Waals surface area contributed by atoms with Crippen molar-refractivity contribution in [3.63, 3.8) is 0 Å². The van der Waals surface area contributed by atoms with Gasteiger partial charge in [0.05, 0.1) is 0 Å². The van der Waals surface area contributed by atoms with Gasteiger partial charge in [0.25, 0.3) is 10.5 Å². The number of unbranched alkanes of at least 4 members (excludes halogenated alkanes) is 4. The Bertz CT molecular complexity index is 360. The first-order chi connectivity index (χ1) is 13.0. The summed E-state index contributed by atoms with van der Waals surface area (Å²) in [4.78, 5) is 28.2. The highest BCUT2D eigenvalue weighted by Gasteiger charge is 2.36. The van der Waals surface area contributed by atoms with Crippen LogP contribution >= 0.6 is 25.3 Å². The van der Waals surface area contributed by atoms with Crippen molar-refractivity contribution in [2.24, 2.45) is 11.5 Å². The van der Waals surface area contributed by atoms with E-state index < -0.39 is 25.3 Å². The van der Waals surface area contributed by atoms with E-state index in [-0.39, 0.29) is 0 Å². The molecule has 0 rings (SSSR count). The zero-order valence-electron chi connectivity index (χ0n) is 17.6. The van der Waals surface area contributed by atoms with Gasteiger partial charge in [-0.15, -0.1) is 0 Å². The highest BCUT2D eigenvalue weighted by atomic mass is 32.1. The molecular formula is C16H38N2O7S2Si. The van der Waals surface area contributed by atoms with Gasteiger partial charge in [0, 0.05) is 33.8 Å². The van der Waals surface area contributed by atoms with Gasteiger partial charge in [-0.05, 0) is 6.42 Å². The van der Waals surface area contributed by atoms with E-state index in [1.807, 2.05) is 0 Å². The minimum absolute atomic E-state index is 0.337. The van der Waals surface area contributed by atoms with Crippen molar-refractivity contribution in [2.45, 2.75) is 64.8 Å². The molecule has 0 heterocycles. The summed E-state index contributed by atoms with van der Waals surface area (Å²) >= 11 is 6.21. The predicted molar refractivity (Wildman–Crippen MR) is 120 cm³/mol. The number of carbonyl (C=O) groups excluding carboxylic acids is 2. The first-order valence-corrected chi connectivity index (χ1v) is 11.6. The number of carboxylic acid groups (broad SMARTS) is 1. The molecule has 0 spiro atoms. The fraction of sp³-hybridized carbons (Fsp3) is 0.812. The quantitative estimate of drug-likeness (QED) is 0.178. The molecule has 0 aromatic heterocycles. The molecule has 0 saturated carbocycles. The van der Waals surface area contributed by atoms with Gasteiger partial charge in [-0.3, -0.25) is 14.4 Å². The SMILES string of the molecule is CCCCCCCC(=O)O.CCC[Si](OC)(OC)OC.NC(=O)S.NC(=O)S. The van der Waals surface area contributed by atoms with E-state index >= 15 is 0 Å². The van der Waals surface area contributed by atoms with E-state index in [0.29, 0.717) is 6.42 Å². The molecule has 2 amide bonds. The van der Waals surface area contributed by atoms with Gasteiger partial charge >= 0.3 is 14.8 Å². The second-order valence-electron chi connectivity index (χ2n) is 5.28. The van der Waals surface area contributed by atoms with Crippen LogP contribution < -0.4 is 11.5 Å². The highest BCUT2D eigenvalue weighted by Crippen LogP contribution is 2.13. The van der Waals surface area contributed by atoms with E-state index in [0.717, 1.165) is 25.3 Å². The summed E-state index contributed by atoms with van der Waals surface area (Å²) in [6.45, 7) is 4.23. The lowest BCUT2D eigenvalue weighted by atomic mass is 10.1. The van der Waals surface area contributed by atoms with Crippen molar-refractivity contribution < 1.29 is 32.8 Å². The maximum atomic E-state index is 10.0. The monoisotopic (exact) mass is 462 g/mol. The first-order valence-electron chi connectivity index (χ1n) is 8.82. The maximum Gasteiger partial charge on any atom is 0.500 e. The predicted octanol–water partition coefficient (Wildman–Crippen LogP) is 3.70. The van der Waals surface area contributed by atoms with Crippen LogP contribution in [0.25, 0.3) is 0 Å². The fourth-order valence-corrected chi connectivity index (χ4v) is 3.47. The summed E-state index contributed by atoms with van der Waals surface area (Å²) in [6, 6.07) is 0.885. The molecule has 0 aromatic rings. The van der Waals surface area contributed by atoms with Crippen LogP contribution in [0.3, 0.4) is 0 Å². The summed E-state index contributed by atoms with van der Waals surface area (Å²) in [7, 11) is 2.68. The lowest BCUT2D eigenvalue weighted by Gasteiger charge is -2.23. The Hall–Kier alpha value is -0.793. The highest BCUT2D eigenvalue weighted by molar-refractivity contribution is 7.96. The maximum absolute atomic E-state index is 10.0. The molecule has 5 N–H and O–H groups in total. The molecule has 0 aliphatic rings. The van der Waals surface area contributed by atoms with Gasteiger partial charge in [0.1, 0.15) is 0 Å². The molecule has 9 nitrogen and oxygen atoms in total. The second-order valence-corrected chi connectivity index (χ2v) is 9.25. The molecule has 0 radical (unpaired) electrons. The number of rotatable bonds is 11.